The normalized spacial score (nSPS) is 8.00. The van der Waals surface area contributed by atoms with Crippen molar-refractivity contribution in [3.05, 3.63) is 54.4 Å². The lowest BCUT2D eigenvalue weighted by molar-refractivity contribution is 1.12. The zero-order valence-electron chi connectivity index (χ0n) is 10.4. The molecule has 0 saturated carbocycles. The van der Waals surface area contributed by atoms with Crippen LogP contribution in [0.4, 0.5) is 0 Å². The van der Waals surface area contributed by atoms with Crippen LogP contribution >= 0.6 is 0 Å². The van der Waals surface area contributed by atoms with Gasteiger partial charge in [0.15, 0.2) is 0 Å². The van der Waals surface area contributed by atoms with Crippen molar-refractivity contribution in [2.45, 2.75) is 27.7 Å². The Hall–Kier alpha value is -1.77. The maximum absolute atomic E-state index is 3.98. The Kier molecular flexibility index (Phi) is 8.69. The molecule has 0 atom stereocenters. The summed E-state index contributed by atoms with van der Waals surface area (Å²) in [5.74, 6) is 0. The van der Waals surface area contributed by atoms with E-state index in [1.165, 1.54) is 0 Å². The molecule has 3 nitrogen and oxygen atoms in total. The predicted molar refractivity (Wildman–Crippen MR) is 67.1 cm³/mol. The first-order valence-corrected chi connectivity index (χ1v) is 5.39. The van der Waals surface area contributed by atoms with Crippen molar-refractivity contribution in [3.63, 3.8) is 0 Å². The van der Waals surface area contributed by atoms with Gasteiger partial charge < -0.3 is 0 Å². The summed E-state index contributed by atoms with van der Waals surface area (Å²) < 4.78 is 0. The largest absolute Gasteiger partial charge is 0.262 e. The maximum Gasteiger partial charge on any atom is 0.0555 e. The Labute approximate surface area is 97.6 Å². The lowest BCUT2D eigenvalue weighted by atomic mass is 10.4. The number of pyridine rings is 1. The number of nitrogens with zero attached hydrogens (tertiary/aromatic N) is 3. The minimum absolute atomic E-state index is 0.961. The molecule has 0 radical (unpaired) electrons. The number of hydrogen-bond acceptors (Lipinski definition) is 3. The van der Waals surface area contributed by atoms with Crippen molar-refractivity contribution in [1.29, 1.82) is 0 Å². The zero-order chi connectivity index (χ0) is 12.2. The first kappa shape index (κ1) is 14.2. The zero-order valence-corrected chi connectivity index (χ0v) is 10.4. The van der Waals surface area contributed by atoms with E-state index in [2.05, 4.69) is 15.0 Å². The van der Waals surface area contributed by atoms with Crippen molar-refractivity contribution in [2.75, 3.05) is 0 Å². The smallest absolute Gasteiger partial charge is 0.0555 e. The molecular weight excluding hydrogens is 198 g/mol. The lowest BCUT2D eigenvalue weighted by Crippen LogP contribution is -1.77. The molecule has 2 aromatic heterocycles. The maximum atomic E-state index is 3.98. The van der Waals surface area contributed by atoms with Crippen molar-refractivity contribution in [1.82, 2.24) is 15.0 Å². The molecule has 0 aliphatic rings. The van der Waals surface area contributed by atoms with Gasteiger partial charge in [-0.2, -0.15) is 0 Å². The number of hydrogen-bond donors (Lipinski definition) is 0. The van der Waals surface area contributed by atoms with Crippen LogP contribution in [0.25, 0.3) is 0 Å². The van der Waals surface area contributed by atoms with Crippen LogP contribution in [-0.2, 0) is 0 Å². The van der Waals surface area contributed by atoms with Gasteiger partial charge in [0.1, 0.15) is 0 Å². The molecule has 0 saturated heterocycles. The predicted octanol–water partition coefficient (Wildman–Crippen LogP) is 3.20. The Balaban J connectivity index is 0.000000244. The molecule has 16 heavy (non-hydrogen) atoms. The number of rotatable bonds is 0. The molecular formula is C13H19N3. The van der Waals surface area contributed by atoms with E-state index < -0.39 is 0 Å². The molecule has 0 amide bonds. The molecule has 2 rings (SSSR count). The molecule has 86 valence electrons. The van der Waals surface area contributed by atoms with Crippen molar-refractivity contribution in [3.8, 4) is 0 Å². The van der Waals surface area contributed by atoms with E-state index >= 15 is 0 Å². The summed E-state index contributed by atoms with van der Waals surface area (Å²) in [6.07, 6.45) is 6.84. The minimum Gasteiger partial charge on any atom is -0.262 e. The summed E-state index contributed by atoms with van der Waals surface area (Å²) in [4.78, 5) is 11.7. The van der Waals surface area contributed by atoms with Crippen molar-refractivity contribution < 1.29 is 0 Å². The van der Waals surface area contributed by atoms with Crippen LogP contribution in [-0.4, -0.2) is 15.0 Å². The fourth-order valence-corrected chi connectivity index (χ4v) is 0.822. The van der Waals surface area contributed by atoms with Crippen LogP contribution in [0.3, 0.4) is 0 Å². The first-order chi connectivity index (χ1) is 7.79. The van der Waals surface area contributed by atoms with E-state index in [1.54, 1.807) is 24.8 Å². The van der Waals surface area contributed by atoms with E-state index in [0.29, 0.717) is 0 Å². The minimum atomic E-state index is 0.961. The number of aromatic nitrogens is 3. The first-order valence-electron chi connectivity index (χ1n) is 5.39. The molecule has 3 heteroatoms. The van der Waals surface area contributed by atoms with Gasteiger partial charge in [0, 0.05) is 30.5 Å². The van der Waals surface area contributed by atoms with Gasteiger partial charge in [-0.25, -0.2) is 0 Å². The fraction of sp³-hybridized carbons (Fsp3) is 0.308. The van der Waals surface area contributed by atoms with E-state index in [9.17, 15) is 0 Å². The second-order valence-corrected chi connectivity index (χ2v) is 2.82. The SMILES string of the molecule is CC.Cc1ccccn1.Cc1cnccn1. The molecule has 2 heterocycles. The van der Waals surface area contributed by atoms with Crippen molar-refractivity contribution in [2.24, 2.45) is 0 Å². The summed E-state index contributed by atoms with van der Waals surface area (Å²) in [7, 11) is 0. The summed E-state index contributed by atoms with van der Waals surface area (Å²) >= 11 is 0. The van der Waals surface area contributed by atoms with Gasteiger partial charge in [-0.15, -0.1) is 0 Å². The average molecular weight is 217 g/mol. The quantitative estimate of drug-likeness (QED) is 0.680. The Bertz CT molecular complexity index is 309. The van der Waals surface area contributed by atoms with E-state index in [4.69, 9.17) is 0 Å². The summed E-state index contributed by atoms with van der Waals surface area (Å²) in [5, 5.41) is 0. The van der Waals surface area contributed by atoms with Crippen LogP contribution in [0.15, 0.2) is 43.0 Å². The summed E-state index contributed by atoms with van der Waals surface area (Å²) in [6.45, 7) is 7.88. The average Bonchev–Trinajstić information content (AvgIpc) is 2.34. The van der Waals surface area contributed by atoms with Gasteiger partial charge in [0.2, 0.25) is 0 Å². The third-order valence-corrected chi connectivity index (χ3v) is 1.51. The van der Waals surface area contributed by atoms with Gasteiger partial charge in [0.05, 0.1) is 5.69 Å². The second-order valence-electron chi connectivity index (χ2n) is 2.82. The van der Waals surface area contributed by atoms with Gasteiger partial charge in [0.25, 0.3) is 0 Å². The summed E-state index contributed by atoms with van der Waals surface area (Å²) in [6, 6.07) is 5.86. The molecule has 0 N–H and O–H groups in total. The van der Waals surface area contributed by atoms with E-state index in [0.717, 1.165) is 11.4 Å². The summed E-state index contributed by atoms with van der Waals surface area (Å²) in [5.41, 5.74) is 2.03. The van der Waals surface area contributed by atoms with E-state index in [-0.39, 0.29) is 0 Å². The van der Waals surface area contributed by atoms with Gasteiger partial charge in [-0.3, -0.25) is 15.0 Å². The lowest BCUT2D eigenvalue weighted by Gasteiger charge is -1.82. The molecule has 0 bridgehead atoms. The van der Waals surface area contributed by atoms with Gasteiger partial charge >= 0.3 is 0 Å². The van der Waals surface area contributed by atoms with E-state index in [1.807, 2.05) is 45.9 Å². The van der Waals surface area contributed by atoms with Gasteiger partial charge in [-0.1, -0.05) is 19.9 Å². The third-order valence-electron chi connectivity index (χ3n) is 1.51. The van der Waals surface area contributed by atoms with Crippen LogP contribution in [0.2, 0.25) is 0 Å². The Morgan fingerprint density at radius 1 is 0.812 bits per heavy atom. The molecule has 0 spiro atoms. The highest BCUT2D eigenvalue weighted by Gasteiger charge is 1.74. The fourth-order valence-electron chi connectivity index (χ4n) is 0.822. The van der Waals surface area contributed by atoms with Crippen LogP contribution in [0.5, 0.6) is 0 Å². The monoisotopic (exact) mass is 217 g/mol. The highest BCUT2D eigenvalue weighted by molar-refractivity contribution is 4.99. The topological polar surface area (TPSA) is 38.7 Å². The van der Waals surface area contributed by atoms with Crippen molar-refractivity contribution >= 4 is 0 Å². The standard InChI is InChI=1S/C6H7N.C5H6N2.C2H6/c1-6-4-2-3-5-7-6;1-5-4-6-2-3-7-5;1-2/h2-5H,1H3;2-4H,1H3;1-2H3. The molecule has 0 aliphatic heterocycles. The third kappa shape index (κ3) is 7.62. The van der Waals surface area contributed by atoms with Crippen LogP contribution in [0.1, 0.15) is 25.2 Å². The highest BCUT2D eigenvalue weighted by Crippen LogP contribution is 1.86. The molecule has 2 aromatic rings. The number of aryl methyl sites for hydroxylation is 2. The second kappa shape index (κ2) is 9.77. The highest BCUT2D eigenvalue weighted by atomic mass is 14.7. The molecule has 0 aliphatic carbocycles. The van der Waals surface area contributed by atoms with Gasteiger partial charge in [-0.05, 0) is 26.0 Å². The Morgan fingerprint density at radius 2 is 1.50 bits per heavy atom. The van der Waals surface area contributed by atoms with Crippen LogP contribution in [0, 0.1) is 13.8 Å². The molecule has 0 fully saturated rings. The molecule has 0 unspecified atom stereocenters. The molecule has 0 aromatic carbocycles. The van der Waals surface area contributed by atoms with Crippen LogP contribution < -0.4 is 0 Å². The Morgan fingerprint density at radius 3 is 1.75 bits per heavy atom.